The fourth-order valence-corrected chi connectivity index (χ4v) is 4.46. The van der Waals surface area contributed by atoms with Crippen LogP contribution in [-0.2, 0) is 33.5 Å². The summed E-state index contributed by atoms with van der Waals surface area (Å²) in [5.74, 6) is -0.156. The molecule has 1 amide bonds. The first-order chi connectivity index (χ1) is 15.2. The van der Waals surface area contributed by atoms with Crippen molar-refractivity contribution in [2.24, 2.45) is 0 Å². The first kappa shape index (κ1) is 21.4. The zero-order valence-electron chi connectivity index (χ0n) is 17.2. The highest BCUT2D eigenvalue weighted by Crippen LogP contribution is 2.25. The summed E-state index contributed by atoms with van der Waals surface area (Å²) >= 11 is 0. The fourth-order valence-electron chi connectivity index (χ4n) is 3.69. The number of rotatable bonds is 8. The average molecular weight is 439 g/mol. The topological polar surface area (TPSA) is 87.3 Å². The Labute approximate surface area is 184 Å². The van der Waals surface area contributed by atoms with Crippen molar-refractivity contribution in [3.8, 4) is 0 Å². The number of amides is 1. The standard InChI is InChI=1S/C23H26N4O3S/c28-23(27-9-11-30-12-10-27)21(14-18-5-2-1-3-6-18)20-8-4-7-19(13-20)15-26-31(29)22-16-24-17-25-22/h1-8,13,16-17,21,26H,9-12,14-15H2,(H,24,25). The Balaban J connectivity index is 1.53. The average Bonchev–Trinajstić information content (AvgIpc) is 3.37. The third-order valence-corrected chi connectivity index (χ3v) is 6.37. The summed E-state index contributed by atoms with van der Waals surface area (Å²) in [7, 11) is -1.37. The number of carbonyl (C=O) groups is 1. The molecule has 1 aliphatic rings. The molecule has 3 aromatic rings. The molecule has 2 heterocycles. The number of H-pyrrole nitrogens is 1. The SMILES string of the molecule is O=C(C(Cc1ccccc1)c1cccc(CNS(=O)c2cnc[nH]2)c1)N1CCOCC1. The fraction of sp³-hybridized carbons (Fsp3) is 0.304. The maximum atomic E-state index is 13.4. The lowest BCUT2D eigenvalue weighted by atomic mass is 9.89. The molecule has 2 unspecified atom stereocenters. The van der Waals surface area contributed by atoms with Crippen LogP contribution in [0.2, 0.25) is 0 Å². The maximum absolute atomic E-state index is 13.4. The molecule has 0 saturated carbocycles. The smallest absolute Gasteiger partial charge is 0.230 e. The van der Waals surface area contributed by atoms with Gasteiger partial charge in [-0.05, 0) is 23.1 Å². The van der Waals surface area contributed by atoms with Gasteiger partial charge in [0.05, 0.1) is 31.7 Å². The molecular formula is C23H26N4O3S. The zero-order chi connectivity index (χ0) is 21.5. The Kier molecular flexibility index (Phi) is 7.24. The van der Waals surface area contributed by atoms with Gasteiger partial charge in [0.25, 0.3) is 0 Å². The quantitative estimate of drug-likeness (QED) is 0.565. The van der Waals surface area contributed by atoms with Gasteiger partial charge in [-0.25, -0.2) is 13.9 Å². The molecule has 4 rings (SSSR count). The monoisotopic (exact) mass is 438 g/mol. The first-order valence-corrected chi connectivity index (χ1v) is 11.5. The zero-order valence-corrected chi connectivity index (χ0v) is 18.0. The van der Waals surface area contributed by atoms with E-state index in [-0.39, 0.29) is 11.8 Å². The van der Waals surface area contributed by atoms with Crippen LogP contribution in [0.4, 0.5) is 0 Å². The molecule has 31 heavy (non-hydrogen) atoms. The predicted octanol–water partition coefficient (Wildman–Crippen LogP) is 2.41. The van der Waals surface area contributed by atoms with E-state index in [0.29, 0.717) is 44.3 Å². The van der Waals surface area contributed by atoms with Gasteiger partial charge >= 0.3 is 0 Å². The normalized spacial score (nSPS) is 16.1. The van der Waals surface area contributed by atoms with E-state index in [1.54, 1.807) is 0 Å². The summed E-state index contributed by atoms with van der Waals surface area (Å²) in [4.78, 5) is 22.1. The molecule has 1 aliphatic heterocycles. The Morgan fingerprint density at radius 2 is 1.90 bits per heavy atom. The molecule has 1 aromatic heterocycles. The van der Waals surface area contributed by atoms with Crippen LogP contribution in [0.15, 0.2) is 72.1 Å². The Morgan fingerprint density at radius 3 is 2.65 bits per heavy atom. The summed E-state index contributed by atoms with van der Waals surface area (Å²) in [5.41, 5.74) is 3.06. The van der Waals surface area contributed by atoms with Crippen LogP contribution >= 0.6 is 0 Å². The lowest BCUT2D eigenvalue weighted by Gasteiger charge is -2.31. The van der Waals surface area contributed by atoms with Gasteiger partial charge in [-0.15, -0.1) is 0 Å². The minimum absolute atomic E-state index is 0.123. The first-order valence-electron chi connectivity index (χ1n) is 10.3. The number of nitrogens with one attached hydrogen (secondary N) is 2. The number of aromatic amines is 1. The van der Waals surface area contributed by atoms with E-state index in [4.69, 9.17) is 4.74 Å². The molecule has 1 saturated heterocycles. The summed E-state index contributed by atoms with van der Waals surface area (Å²) in [5, 5.41) is 0.528. The molecule has 0 bridgehead atoms. The molecule has 2 aromatic carbocycles. The number of morpholine rings is 1. The van der Waals surface area contributed by atoms with Crippen molar-refractivity contribution in [1.29, 1.82) is 0 Å². The highest BCUT2D eigenvalue weighted by molar-refractivity contribution is 7.82. The second-order valence-corrected chi connectivity index (χ2v) is 8.70. The number of hydrogen-bond acceptors (Lipinski definition) is 4. The summed E-state index contributed by atoms with van der Waals surface area (Å²) in [6.07, 6.45) is 3.67. The van der Waals surface area contributed by atoms with Crippen LogP contribution < -0.4 is 4.72 Å². The van der Waals surface area contributed by atoms with Gasteiger partial charge in [0, 0.05) is 19.6 Å². The molecule has 2 atom stereocenters. The second kappa shape index (κ2) is 10.5. The number of carbonyl (C=O) groups excluding carboxylic acids is 1. The molecule has 162 valence electrons. The molecule has 0 spiro atoms. The lowest BCUT2D eigenvalue weighted by Crippen LogP contribution is -2.43. The molecule has 2 N–H and O–H groups in total. The minimum atomic E-state index is -1.37. The van der Waals surface area contributed by atoms with Crippen molar-refractivity contribution in [3.05, 3.63) is 83.8 Å². The molecular weight excluding hydrogens is 412 g/mol. The van der Waals surface area contributed by atoms with Crippen molar-refractivity contribution < 1.29 is 13.7 Å². The predicted molar refractivity (Wildman–Crippen MR) is 119 cm³/mol. The van der Waals surface area contributed by atoms with Gasteiger partial charge in [0.1, 0.15) is 16.0 Å². The van der Waals surface area contributed by atoms with E-state index >= 15 is 0 Å². The molecule has 0 aliphatic carbocycles. The number of aromatic nitrogens is 2. The Hall–Kier alpha value is -2.81. The number of ether oxygens (including phenoxy) is 1. The van der Waals surface area contributed by atoms with Crippen LogP contribution in [0.1, 0.15) is 22.6 Å². The van der Waals surface area contributed by atoms with E-state index < -0.39 is 11.0 Å². The van der Waals surface area contributed by atoms with Gasteiger partial charge in [0.15, 0.2) is 0 Å². The van der Waals surface area contributed by atoms with E-state index in [1.807, 2.05) is 47.4 Å². The Bertz CT molecular complexity index is 1000. The maximum Gasteiger partial charge on any atom is 0.230 e. The molecule has 0 radical (unpaired) electrons. The van der Waals surface area contributed by atoms with Crippen LogP contribution in [0, 0.1) is 0 Å². The second-order valence-electron chi connectivity index (χ2n) is 7.43. The largest absolute Gasteiger partial charge is 0.378 e. The van der Waals surface area contributed by atoms with Crippen molar-refractivity contribution in [2.45, 2.75) is 23.9 Å². The van der Waals surface area contributed by atoms with Crippen LogP contribution in [-0.4, -0.2) is 51.3 Å². The highest BCUT2D eigenvalue weighted by Gasteiger charge is 2.27. The van der Waals surface area contributed by atoms with E-state index in [1.165, 1.54) is 12.5 Å². The van der Waals surface area contributed by atoms with Crippen molar-refractivity contribution >= 4 is 16.9 Å². The van der Waals surface area contributed by atoms with Gasteiger partial charge < -0.3 is 14.6 Å². The highest BCUT2D eigenvalue weighted by atomic mass is 32.2. The van der Waals surface area contributed by atoms with E-state index in [2.05, 4.69) is 26.8 Å². The van der Waals surface area contributed by atoms with Crippen LogP contribution in [0.5, 0.6) is 0 Å². The van der Waals surface area contributed by atoms with Crippen molar-refractivity contribution in [3.63, 3.8) is 0 Å². The summed E-state index contributed by atoms with van der Waals surface area (Å²) in [6.45, 7) is 2.81. The van der Waals surface area contributed by atoms with Gasteiger partial charge in [-0.2, -0.15) is 0 Å². The van der Waals surface area contributed by atoms with Crippen molar-refractivity contribution in [1.82, 2.24) is 19.6 Å². The van der Waals surface area contributed by atoms with E-state index in [9.17, 15) is 9.00 Å². The number of hydrogen-bond donors (Lipinski definition) is 2. The number of nitrogens with zero attached hydrogens (tertiary/aromatic N) is 2. The van der Waals surface area contributed by atoms with Crippen LogP contribution in [0.25, 0.3) is 0 Å². The summed E-state index contributed by atoms with van der Waals surface area (Å²) < 4.78 is 20.7. The summed E-state index contributed by atoms with van der Waals surface area (Å²) in [6, 6.07) is 18.0. The van der Waals surface area contributed by atoms with Crippen LogP contribution in [0.3, 0.4) is 0 Å². The Morgan fingerprint density at radius 1 is 1.13 bits per heavy atom. The van der Waals surface area contributed by atoms with E-state index in [0.717, 1.165) is 16.7 Å². The van der Waals surface area contributed by atoms with Crippen molar-refractivity contribution in [2.75, 3.05) is 26.3 Å². The third-order valence-electron chi connectivity index (χ3n) is 5.34. The molecule has 1 fully saturated rings. The minimum Gasteiger partial charge on any atom is -0.378 e. The number of benzene rings is 2. The van der Waals surface area contributed by atoms with Gasteiger partial charge in [0.2, 0.25) is 5.91 Å². The molecule has 7 nitrogen and oxygen atoms in total. The third kappa shape index (κ3) is 5.66. The van der Waals surface area contributed by atoms with Gasteiger partial charge in [-0.1, -0.05) is 54.6 Å². The number of imidazole rings is 1. The lowest BCUT2D eigenvalue weighted by molar-refractivity contribution is -0.136. The van der Waals surface area contributed by atoms with Gasteiger partial charge in [-0.3, -0.25) is 4.79 Å². The molecule has 8 heteroatoms.